The third kappa shape index (κ3) is 4.38. The Hall–Kier alpha value is -2.13. The molecule has 5 N–H and O–H groups in total. The van der Waals surface area contributed by atoms with E-state index >= 15 is 0 Å². The fraction of sp³-hybridized carbons (Fsp3) is 0. The van der Waals surface area contributed by atoms with E-state index in [1.807, 2.05) is 0 Å². The maximum Gasteiger partial charge on any atom is 0.291 e. The predicted molar refractivity (Wildman–Crippen MR) is 31.2 cm³/mol. The lowest BCUT2D eigenvalue weighted by atomic mass is 11.1. The molecule has 0 saturated carbocycles. The van der Waals surface area contributed by atoms with Crippen LogP contribution in [-0.4, -0.2) is 30.6 Å². The van der Waals surface area contributed by atoms with E-state index in [4.69, 9.17) is 26.9 Å². The fourth-order valence-corrected chi connectivity index (χ4v) is 0.201. The average molecular weight is 163 g/mol. The van der Waals surface area contributed by atoms with Crippen molar-refractivity contribution in [3.8, 4) is 0 Å². The molecule has 0 aliphatic carbocycles. The van der Waals surface area contributed by atoms with Crippen LogP contribution in [0.3, 0.4) is 0 Å². The van der Waals surface area contributed by atoms with Crippen LogP contribution in [0, 0.1) is 10.1 Å². The zero-order chi connectivity index (χ0) is 8.85. The molecule has 0 spiro atoms. The van der Waals surface area contributed by atoms with Crippen LogP contribution in [0.5, 0.6) is 0 Å². The molecule has 0 saturated heterocycles. The van der Waals surface area contributed by atoms with Crippen molar-refractivity contribution in [2.75, 3.05) is 11.6 Å². The van der Waals surface area contributed by atoms with Gasteiger partial charge in [0.25, 0.3) is 11.0 Å². The molecule has 1 aromatic heterocycles. The molecular weight excluding hydrogens is 158 g/mol. The van der Waals surface area contributed by atoms with Crippen molar-refractivity contribution in [2.24, 2.45) is 0 Å². The van der Waals surface area contributed by atoms with E-state index in [-0.39, 0.29) is 5.95 Å². The summed E-state index contributed by atoms with van der Waals surface area (Å²) >= 11 is 0. The van der Waals surface area contributed by atoms with E-state index in [2.05, 4.69) is 15.5 Å². The molecule has 0 aliphatic rings. The molecule has 11 heavy (non-hydrogen) atoms. The van der Waals surface area contributed by atoms with Gasteiger partial charge in [0, 0.05) is 0 Å². The smallest absolute Gasteiger partial charge is 0.291 e. The Morgan fingerprint density at radius 2 is 2.18 bits per heavy atom. The van der Waals surface area contributed by atoms with E-state index in [1.54, 1.807) is 0 Å². The third-order valence-corrected chi connectivity index (χ3v) is 0.518. The Bertz CT molecular complexity index is 209. The van der Waals surface area contributed by atoms with Crippen LogP contribution in [0.15, 0.2) is 0 Å². The summed E-state index contributed by atoms with van der Waals surface area (Å²) in [6.07, 6.45) is 0. The highest BCUT2D eigenvalue weighted by atomic mass is 16.9. The monoisotopic (exact) mass is 163 g/mol. The summed E-state index contributed by atoms with van der Waals surface area (Å²) in [6.45, 7) is 0. The number of hydrogen-bond acceptors (Lipinski definition) is 7. The SMILES string of the molecule is Nc1nnnn1N.O=[N+]([O-])O. The van der Waals surface area contributed by atoms with Crippen LogP contribution in [0.25, 0.3) is 0 Å². The molecule has 1 rings (SSSR count). The molecule has 0 aromatic carbocycles. The third-order valence-electron chi connectivity index (χ3n) is 0.518. The molecule has 0 fully saturated rings. The van der Waals surface area contributed by atoms with Crippen molar-refractivity contribution >= 4 is 5.95 Å². The van der Waals surface area contributed by atoms with Crippen molar-refractivity contribution in [3.05, 3.63) is 10.1 Å². The summed E-state index contributed by atoms with van der Waals surface area (Å²) in [6, 6.07) is 0. The summed E-state index contributed by atoms with van der Waals surface area (Å²) < 4.78 is 0. The molecule has 0 aliphatic heterocycles. The molecule has 10 nitrogen and oxygen atoms in total. The Morgan fingerprint density at radius 1 is 1.73 bits per heavy atom. The maximum absolute atomic E-state index is 8.36. The van der Waals surface area contributed by atoms with Gasteiger partial charge in [0.1, 0.15) is 0 Å². The minimum absolute atomic E-state index is 0.111. The molecule has 0 atom stereocenters. The second-order valence-electron chi connectivity index (χ2n) is 1.22. The Balaban J connectivity index is 0.000000218. The molecule has 10 heteroatoms. The molecule has 0 bridgehead atoms. The first-order valence-corrected chi connectivity index (χ1v) is 2.16. The number of tetrazole rings is 1. The quantitative estimate of drug-likeness (QED) is 0.217. The van der Waals surface area contributed by atoms with Gasteiger partial charge in [-0.2, -0.15) is 0 Å². The van der Waals surface area contributed by atoms with Crippen LogP contribution < -0.4 is 11.6 Å². The number of hydrogen-bond donors (Lipinski definition) is 3. The molecule has 0 amide bonds. The average Bonchev–Trinajstić information content (AvgIpc) is 2.15. The minimum atomic E-state index is -1.50. The van der Waals surface area contributed by atoms with E-state index < -0.39 is 5.09 Å². The van der Waals surface area contributed by atoms with Gasteiger partial charge in [0.2, 0.25) is 0 Å². The Kier molecular flexibility index (Phi) is 3.07. The molecule has 62 valence electrons. The summed E-state index contributed by atoms with van der Waals surface area (Å²) in [7, 11) is 0. The highest BCUT2D eigenvalue weighted by molar-refractivity contribution is 5.09. The van der Waals surface area contributed by atoms with Gasteiger partial charge in [-0.3, -0.25) is 0 Å². The van der Waals surface area contributed by atoms with E-state index in [0.717, 1.165) is 4.79 Å². The van der Waals surface area contributed by atoms with Gasteiger partial charge in [-0.25, -0.2) is 0 Å². The van der Waals surface area contributed by atoms with Gasteiger partial charge in [-0.15, -0.1) is 14.9 Å². The normalized spacial score (nSPS) is 8.00. The van der Waals surface area contributed by atoms with E-state index in [0.29, 0.717) is 0 Å². The number of aromatic nitrogens is 4. The number of nitrogens with zero attached hydrogens (tertiary/aromatic N) is 5. The van der Waals surface area contributed by atoms with E-state index in [1.165, 1.54) is 0 Å². The fourth-order valence-electron chi connectivity index (χ4n) is 0.201. The number of anilines is 1. The van der Waals surface area contributed by atoms with Crippen molar-refractivity contribution in [2.45, 2.75) is 0 Å². The van der Waals surface area contributed by atoms with Crippen LogP contribution in [-0.2, 0) is 0 Å². The lowest BCUT2D eigenvalue weighted by molar-refractivity contribution is -0.742. The van der Waals surface area contributed by atoms with Gasteiger partial charge in [-0.05, 0) is 10.4 Å². The van der Waals surface area contributed by atoms with Crippen LogP contribution >= 0.6 is 0 Å². The predicted octanol–water partition coefficient (Wildman–Crippen LogP) is -2.38. The first-order valence-electron chi connectivity index (χ1n) is 2.16. The molecule has 1 aromatic rings. The van der Waals surface area contributed by atoms with Gasteiger partial charge < -0.3 is 16.8 Å². The number of nitrogen functional groups attached to an aromatic ring is 2. The summed E-state index contributed by atoms with van der Waals surface area (Å²) in [5, 5.41) is 23.3. The van der Waals surface area contributed by atoms with Gasteiger partial charge in [-0.1, -0.05) is 5.10 Å². The molecular formula is CH5N7O3. The Labute approximate surface area is 59.5 Å². The van der Waals surface area contributed by atoms with E-state index in [9.17, 15) is 0 Å². The second kappa shape index (κ2) is 3.81. The topological polar surface area (TPSA) is 159 Å². The molecule has 1 heterocycles. The van der Waals surface area contributed by atoms with Crippen molar-refractivity contribution in [1.29, 1.82) is 0 Å². The maximum atomic E-state index is 8.36. The first kappa shape index (κ1) is 8.87. The zero-order valence-electron chi connectivity index (χ0n) is 5.15. The summed E-state index contributed by atoms with van der Waals surface area (Å²) in [5.41, 5.74) is 5.04. The lowest BCUT2D eigenvalue weighted by Gasteiger charge is -1.82. The molecule has 0 radical (unpaired) electrons. The summed E-state index contributed by atoms with van der Waals surface area (Å²) in [4.78, 5) is 9.25. The lowest BCUT2D eigenvalue weighted by Crippen LogP contribution is -2.13. The van der Waals surface area contributed by atoms with Crippen LogP contribution in [0.1, 0.15) is 0 Å². The Morgan fingerprint density at radius 3 is 2.27 bits per heavy atom. The first-order chi connectivity index (χ1) is 5.04. The highest BCUT2D eigenvalue weighted by Crippen LogP contribution is 1.78. The number of rotatable bonds is 0. The highest BCUT2D eigenvalue weighted by Gasteiger charge is 1.89. The van der Waals surface area contributed by atoms with Gasteiger partial charge in [0.05, 0.1) is 0 Å². The van der Waals surface area contributed by atoms with Crippen molar-refractivity contribution in [1.82, 2.24) is 20.3 Å². The summed E-state index contributed by atoms with van der Waals surface area (Å²) in [5.74, 6) is 5.11. The van der Waals surface area contributed by atoms with Crippen LogP contribution in [0.4, 0.5) is 5.95 Å². The number of nitrogens with two attached hydrogens (primary N) is 2. The van der Waals surface area contributed by atoms with Gasteiger partial charge in [0.15, 0.2) is 0 Å². The standard InChI is InChI=1S/CH4N6.HNO3/c2-1-4-5-6-7(1)3;2-1(3)4/h3H2,(H2,2,4,6);(H,2,3,4). The van der Waals surface area contributed by atoms with Crippen molar-refractivity contribution < 1.29 is 10.3 Å². The van der Waals surface area contributed by atoms with Crippen molar-refractivity contribution in [3.63, 3.8) is 0 Å². The molecule has 0 unspecified atom stereocenters. The van der Waals surface area contributed by atoms with Gasteiger partial charge >= 0.3 is 0 Å². The second-order valence-corrected chi connectivity index (χ2v) is 1.22. The zero-order valence-corrected chi connectivity index (χ0v) is 5.15. The van der Waals surface area contributed by atoms with Crippen LogP contribution in [0.2, 0.25) is 0 Å². The largest absolute Gasteiger partial charge is 0.365 e. The minimum Gasteiger partial charge on any atom is -0.365 e.